The van der Waals surface area contributed by atoms with E-state index in [1.165, 1.54) is 16.3 Å². The average Bonchev–Trinajstić information content (AvgIpc) is 2.91. The van der Waals surface area contributed by atoms with Gasteiger partial charge in [0.25, 0.3) is 0 Å². The molecule has 0 saturated heterocycles. The lowest BCUT2D eigenvalue weighted by Crippen LogP contribution is -2.05. The molecule has 0 fully saturated rings. The molecule has 0 bridgehead atoms. The van der Waals surface area contributed by atoms with E-state index < -0.39 is 0 Å². The largest absolute Gasteiger partial charge is 0.319 e. The van der Waals surface area contributed by atoms with Crippen LogP contribution in [0.5, 0.6) is 0 Å². The summed E-state index contributed by atoms with van der Waals surface area (Å²) in [6, 6.07) is 15.5. The van der Waals surface area contributed by atoms with E-state index in [-0.39, 0.29) is 12.4 Å². The van der Waals surface area contributed by atoms with Gasteiger partial charge in [0.1, 0.15) is 5.15 Å². The maximum absolute atomic E-state index is 6.09. The van der Waals surface area contributed by atoms with Crippen LogP contribution in [0.15, 0.2) is 55.0 Å². The number of halogens is 2. The van der Waals surface area contributed by atoms with E-state index in [1.807, 2.05) is 4.57 Å². The predicted molar refractivity (Wildman–Crippen MR) is 91.5 cm³/mol. The van der Waals surface area contributed by atoms with Crippen molar-refractivity contribution in [3.8, 4) is 0 Å². The van der Waals surface area contributed by atoms with Gasteiger partial charge in [-0.25, -0.2) is 4.98 Å². The lowest BCUT2D eigenvalue weighted by molar-refractivity contribution is 0.507. The Balaban J connectivity index is 0.00000161. The average molecular weight is 321 g/mol. The van der Waals surface area contributed by atoms with Crippen LogP contribution in [0.1, 0.15) is 24.9 Å². The maximum atomic E-state index is 6.09. The van der Waals surface area contributed by atoms with Gasteiger partial charge < -0.3 is 4.57 Å². The molecule has 0 amide bonds. The fourth-order valence-electron chi connectivity index (χ4n) is 2.52. The van der Waals surface area contributed by atoms with Gasteiger partial charge in [-0.2, -0.15) is 0 Å². The van der Waals surface area contributed by atoms with Crippen molar-refractivity contribution in [1.82, 2.24) is 9.55 Å². The molecule has 4 heteroatoms. The molecule has 110 valence electrons. The molecule has 2 aromatic carbocycles. The molecular formula is C17H18Cl2N2. The highest BCUT2D eigenvalue weighted by molar-refractivity contribution is 6.29. The molecule has 1 heterocycles. The Labute approximate surface area is 136 Å². The zero-order valence-corrected chi connectivity index (χ0v) is 13.4. The summed E-state index contributed by atoms with van der Waals surface area (Å²) in [6.45, 7) is 2.18. The second-order valence-electron chi connectivity index (χ2n) is 5.19. The molecule has 1 atom stereocenters. The Hall–Kier alpha value is -1.51. The van der Waals surface area contributed by atoms with Crippen molar-refractivity contribution in [3.05, 3.63) is 65.7 Å². The number of hydrogen-bond donors (Lipinski definition) is 0. The van der Waals surface area contributed by atoms with Crippen molar-refractivity contribution in [2.24, 2.45) is 0 Å². The summed E-state index contributed by atoms with van der Waals surface area (Å²) in [7, 11) is 0. The highest BCUT2D eigenvalue weighted by atomic mass is 35.5. The van der Waals surface area contributed by atoms with Gasteiger partial charge in [-0.15, -0.1) is 12.4 Å². The molecule has 0 saturated carbocycles. The molecular weight excluding hydrogens is 303 g/mol. The van der Waals surface area contributed by atoms with E-state index in [4.69, 9.17) is 11.6 Å². The summed E-state index contributed by atoms with van der Waals surface area (Å²) in [4.78, 5) is 4.07. The number of aryl methyl sites for hydroxylation is 1. The van der Waals surface area contributed by atoms with Gasteiger partial charge in [-0.3, -0.25) is 0 Å². The van der Waals surface area contributed by atoms with Crippen LogP contribution < -0.4 is 0 Å². The van der Waals surface area contributed by atoms with Crippen LogP contribution in [-0.2, 0) is 6.42 Å². The van der Waals surface area contributed by atoms with Crippen LogP contribution in [0.25, 0.3) is 10.8 Å². The first-order chi connectivity index (χ1) is 9.74. The molecule has 3 aromatic rings. The lowest BCUT2D eigenvalue weighted by Gasteiger charge is -2.14. The zero-order valence-electron chi connectivity index (χ0n) is 11.9. The van der Waals surface area contributed by atoms with Crippen molar-refractivity contribution in [2.45, 2.75) is 25.8 Å². The Morgan fingerprint density at radius 2 is 1.90 bits per heavy atom. The monoisotopic (exact) mass is 320 g/mol. The van der Waals surface area contributed by atoms with Crippen LogP contribution >= 0.6 is 24.0 Å². The van der Waals surface area contributed by atoms with Crippen LogP contribution in [0.4, 0.5) is 0 Å². The Morgan fingerprint density at radius 3 is 2.62 bits per heavy atom. The molecule has 0 N–H and O–H groups in total. The standard InChI is InChI=1S/C17H17ClN2.ClH/c1-13(20-12-19-11-17(20)18)6-7-14-8-9-15-4-2-3-5-16(15)10-14;/h2-5,8-13H,6-7H2,1H3;1H. The number of hydrogen-bond acceptors (Lipinski definition) is 1. The lowest BCUT2D eigenvalue weighted by atomic mass is 10.0. The minimum atomic E-state index is 0. The number of fused-ring (bicyclic) bond motifs is 1. The van der Waals surface area contributed by atoms with Crippen molar-refractivity contribution < 1.29 is 0 Å². The summed E-state index contributed by atoms with van der Waals surface area (Å²) in [6.07, 6.45) is 5.58. The SMILES string of the molecule is CC(CCc1ccc2ccccc2c1)n1cncc1Cl.Cl. The van der Waals surface area contributed by atoms with Crippen molar-refractivity contribution >= 4 is 34.8 Å². The van der Waals surface area contributed by atoms with E-state index in [0.717, 1.165) is 12.8 Å². The molecule has 0 aliphatic rings. The molecule has 3 rings (SSSR count). The minimum absolute atomic E-state index is 0. The Kier molecular flexibility index (Phi) is 5.27. The first kappa shape index (κ1) is 15.9. The summed E-state index contributed by atoms with van der Waals surface area (Å²) in [5.74, 6) is 0. The summed E-state index contributed by atoms with van der Waals surface area (Å²) in [5, 5.41) is 3.30. The molecule has 1 aromatic heterocycles. The number of benzene rings is 2. The van der Waals surface area contributed by atoms with Crippen LogP contribution in [0.3, 0.4) is 0 Å². The predicted octanol–water partition coefficient (Wildman–Crippen LogP) is 5.31. The second kappa shape index (κ2) is 6.97. The van der Waals surface area contributed by atoms with E-state index in [1.54, 1.807) is 12.5 Å². The number of imidazole rings is 1. The zero-order chi connectivity index (χ0) is 13.9. The van der Waals surface area contributed by atoms with Gasteiger partial charge >= 0.3 is 0 Å². The number of aromatic nitrogens is 2. The number of rotatable bonds is 4. The topological polar surface area (TPSA) is 17.8 Å². The van der Waals surface area contributed by atoms with Gasteiger partial charge in [0, 0.05) is 6.04 Å². The van der Waals surface area contributed by atoms with Gasteiger partial charge in [-0.1, -0.05) is 54.1 Å². The molecule has 0 aliphatic heterocycles. The van der Waals surface area contributed by atoms with Crippen molar-refractivity contribution in [1.29, 1.82) is 0 Å². The molecule has 0 radical (unpaired) electrons. The molecule has 21 heavy (non-hydrogen) atoms. The van der Waals surface area contributed by atoms with Gasteiger partial charge in [-0.05, 0) is 36.1 Å². The van der Waals surface area contributed by atoms with Gasteiger partial charge in [0.15, 0.2) is 0 Å². The minimum Gasteiger partial charge on any atom is -0.319 e. The third-order valence-corrected chi connectivity index (χ3v) is 4.05. The van der Waals surface area contributed by atoms with Crippen molar-refractivity contribution in [2.75, 3.05) is 0 Å². The van der Waals surface area contributed by atoms with Crippen molar-refractivity contribution in [3.63, 3.8) is 0 Å². The summed E-state index contributed by atoms with van der Waals surface area (Å²) in [5.41, 5.74) is 1.37. The van der Waals surface area contributed by atoms with Crippen LogP contribution in [-0.4, -0.2) is 9.55 Å². The van der Waals surface area contributed by atoms with E-state index >= 15 is 0 Å². The Bertz CT molecular complexity index is 721. The Morgan fingerprint density at radius 1 is 1.14 bits per heavy atom. The first-order valence-electron chi connectivity index (χ1n) is 6.89. The molecule has 0 spiro atoms. The highest BCUT2D eigenvalue weighted by Crippen LogP contribution is 2.21. The third kappa shape index (κ3) is 3.58. The fraction of sp³-hybridized carbons (Fsp3) is 0.235. The first-order valence-corrected chi connectivity index (χ1v) is 7.27. The van der Waals surface area contributed by atoms with E-state index in [9.17, 15) is 0 Å². The molecule has 2 nitrogen and oxygen atoms in total. The molecule has 1 unspecified atom stereocenters. The fourth-order valence-corrected chi connectivity index (χ4v) is 2.79. The maximum Gasteiger partial charge on any atom is 0.128 e. The third-order valence-electron chi connectivity index (χ3n) is 3.76. The molecule has 0 aliphatic carbocycles. The van der Waals surface area contributed by atoms with Gasteiger partial charge in [0.05, 0.1) is 12.5 Å². The normalized spacial score (nSPS) is 12.1. The number of nitrogens with zero attached hydrogens (tertiary/aromatic N) is 2. The highest BCUT2D eigenvalue weighted by Gasteiger charge is 2.08. The van der Waals surface area contributed by atoms with E-state index in [2.05, 4.69) is 54.4 Å². The summed E-state index contributed by atoms with van der Waals surface area (Å²) < 4.78 is 2.02. The van der Waals surface area contributed by atoms with Crippen LogP contribution in [0, 0.1) is 0 Å². The smallest absolute Gasteiger partial charge is 0.128 e. The van der Waals surface area contributed by atoms with E-state index in [0.29, 0.717) is 11.2 Å². The summed E-state index contributed by atoms with van der Waals surface area (Å²) >= 11 is 6.09. The second-order valence-corrected chi connectivity index (χ2v) is 5.58. The quantitative estimate of drug-likeness (QED) is 0.637. The van der Waals surface area contributed by atoms with Gasteiger partial charge in [0.2, 0.25) is 0 Å². The van der Waals surface area contributed by atoms with Crippen LogP contribution in [0.2, 0.25) is 5.15 Å².